The van der Waals surface area contributed by atoms with E-state index in [9.17, 15) is 9.59 Å². The zero-order valence-electron chi connectivity index (χ0n) is 7.11. The van der Waals surface area contributed by atoms with Crippen molar-refractivity contribution in [3.05, 3.63) is 30.2 Å². The van der Waals surface area contributed by atoms with Gasteiger partial charge in [-0.1, -0.05) is 0 Å². The molecule has 0 aliphatic heterocycles. The molecule has 13 heavy (non-hydrogen) atoms. The van der Waals surface area contributed by atoms with Crippen molar-refractivity contribution in [2.75, 3.05) is 0 Å². The van der Waals surface area contributed by atoms with E-state index in [2.05, 4.69) is 5.32 Å². The van der Waals surface area contributed by atoms with Gasteiger partial charge in [-0.15, -0.1) is 0 Å². The Hall–Kier alpha value is -1.84. The second-order valence-electron chi connectivity index (χ2n) is 2.39. The van der Waals surface area contributed by atoms with Gasteiger partial charge in [0.25, 0.3) is 5.91 Å². The molecule has 0 unspecified atom stereocenters. The fourth-order valence-electron chi connectivity index (χ4n) is 0.759. The highest BCUT2D eigenvalue weighted by Crippen LogP contribution is 2.01. The topological polar surface area (TPSA) is 59.3 Å². The minimum Gasteiger partial charge on any atom is -0.465 e. The average Bonchev–Trinajstić information content (AvgIpc) is 2.51. The molecule has 4 nitrogen and oxygen atoms in total. The maximum Gasteiger partial charge on any atom is 0.250 e. The fraction of sp³-hybridized carbons (Fsp3) is 0.111. The lowest BCUT2D eigenvalue weighted by Crippen LogP contribution is -2.25. The Morgan fingerprint density at radius 2 is 2.31 bits per heavy atom. The predicted molar refractivity (Wildman–Crippen MR) is 46.6 cm³/mol. The quantitative estimate of drug-likeness (QED) is 0.688. The lowest BCUT2D eigenvalue weighted by Gasteiger charge is -1.92. The molecule has 4 heteroatoms. The average molecular weight is 179 g/mol. The van der Waals surface area contributed by atoms with Crippen LogP contribution in [0.1, 0.15) is 12.7 Å². The molecule has 0 saturated heterocycles. The largest absolute Gasteiger partial charge is 0.465 e. The zero-order chi connectivity index (χ0) is 9.68. The van der Waals surface area contributed by atoms with Crippen LogP contribution in [-0.2, 0) is 9.59 Å². The molecule has 1 aromatic rings. The molecule has 0 aliphatic rings. The van der Waals surface area contributed by atoms with E-state index >= 15 is 0 Å². The van der Waals surface area contributed by atoms with Gasteiger partial charge < -0.3 is 4.42 Å². The van der Waals surface area contributed by atoms with Crippen LogP contribution in [0.3, 0.4) is 0 Å². The van der Waals surface area contributed by atoms with Crippen LogP contribution >= 0.6 is 0 Å². The smallest absolute Gasteiger partial charge is 0.250 e. The minimum absolute atomic E-state index is 0.380. The number of furan rings is 1. The Bertz CT molecular complexity index is 325. The molecule has 0 fully saturated rings. The monoisotopic (exact) mass is 179 g/mol. The molecule has 0 radical (unpaired) electrons. The molecular formula is C9H9NO3. The molecule has 2 amide bonds. The number of carbonyl (C=O) groups excluding carboxylic acids is 2. The van der Waals surface area contributed by atoms with Crippen LogP contribution in [0.15, 0.2) is 28.9 Å². The van der Waals surface area contributed by atoms with Crippen molar-refractivity contribution in [1.29, 1.82) is 0 Å². The van der Waals surface area contributed by atoms with Crippen LogP contribution in [0.2, 0.25) is 0 Å². The van der Waals surface area contributed by atoms with Gasteiger partial charge in [0.05, 0.1) is 6.26 Å². The maximum absolute atomic E-state index is 10.9. The van der Waals surface area contributed by atoms with Gasteiger partial charge in [0.2, 0.25) is 5.91 Å². The van der Waals surface area contributed by atoms with E-state index in [1.54, 1.807) is 12.1 Å². The number of hydrogen-bond acceptors (Lipinski definition) is 3. The first kappa shape index (κ1) is 9.25. The summed E-state index contributed by atoms with van der Waals surface area (Å²) >= 11 is 0. The lowest BCUT2D eigenvalue weighted by atomic mass is 10.4. The third-order valence-electron chi connectivity index (χ3n) is 1.24. The number of nitrogens with one attached hydrogen (secondary N) is 1. The maximum atomic E-state index is 10.9. The number of carbonyl (C=O) groups is 2. The van der Waals surface area contributed by atoms with Crippen LogP contribution < -0.4 is 5.32 Å². The van der Waals surface area contributed by atoms with Crippen molar-refractivity contribution in [2.45, 2.75) is 6.92 Å². The molecule has 1 rings (SSSR count). The van der Waals surface area contributed by atoms with E-state index in [0.717, 1.165) is 0 Å². The first-order valence-corrected chi connectivity index (χ1v) is 3.71. The zero-order valence-corrected chi connectivity index (χ0v) is 7.11. The van der Waals surface area contributed by atoms with Crippen molar-refractivity contribution in [3.8, 4) is 0 Å². The van der Waals surface area contributed by atoms with Crippen molar-refractivity contribution in [3.63, 3.8) is 0 Å². The van der Waals surface area contributed by atoms with Gasteiger partial charge in [0.15, 0.2) is 0 Å². The second kappa shape index (κ2) is 4.25. The summed E-state index contributed by atoms with van der Waals surface area (Å²) in [5.74, 6) is -0.267. The SMILES string of the molecule is CC(=O)NC(=O)C=Cc1ccco1. The number of rotatable bonds is 2. The van der Waals surface area contributed by atoms with E-state index in [-0.39, 0.29) is 5.91 Å². The summed E-state index contributed by atoms with van der Waals surface area (Å²) in [6, 6.07) is 3.42. The van der Waals surface area contributed by atoms with Crippen LogP contribution in [0, 0.1) is 0 Å². The van der Waals surface area contributed by atoms with Crippen molar-refractivity contribution < 1.29 is 14.0 Å². The van der Waals surface area contributed by atoms with Gasteiger partial charge in [-0.05, 0) is 18.2 Å². The fourth-order valence-corrected chi connectivity index (χ4v) is 0.759. The number of imide groups is 1. The summed E-state index contributed by atoms with van der Waals surface area (Å²) in [6.07, 6.45) is 4.22. The minimum atomic E-state index is -0.455. The molecule has 1 heterocycles. The molecule has 0 spiro atoms. The molecule has 0 atom stereocenters. The van der Waals surface area contributed by atoms with Gasteiger partial charge in [-0.2, -0.15) is 0 Å². The van der Waals surface area contributed by atoms with Gasteiger partial charge in [-0.3, -0.25) is 14.9 Å². The van der Waals surface area contributed by atoms with E-state index in [1.807, 2.05) is 0 Å². The van der Waals surface area contributed by atoms with Crippen LogP contribution in [0.25, 0.3) is 6.08 Å². The highest BCUT2D eigenvalue weighted by molar-refractivity contribution is 6.01. The Labute approximate surface area is 75.2 Å². The van der Waals surface area contributed by atoms with E-state index < -0.39 is 5.91 Å². The van der Waals surface area contributed by atoms with Crippen LogP contribution in [-0.4, -0.2) is 11.8 Å². The highest BCUT2D eigenvalue weighted by atomic mass is 16.3. The molecule has 0 bridgehead atoms. The molecular weight excluding hydrogens is 170 g/mol. The van der Waals surface area contributed by atoms with Crippen molar-refractivity contribution in [2.24, 2.45) is 0 Å². The summed E-state index contributed by atoms with van der Waals surface area (Å²) < 4.78 is 4.94. The summed E-state index contributed by atoms with van der Waals surface area (Å²) in [7, 11) is 0. The third-order valence-corrected chi connectivity index (χ3v) is 1.24. The van der Waals surface area contributed by atoms with Crippen LogP contribution in [0.5, 0.6) is 0 Å². The van der Waals surface area contributed by atoms with Crippen molar-refractivity contribution >= 4 is 17.9 Å². The predicted octanol–water partition coefficient (Wildman–Crippen LogP) is 0.956. The van der Waals surface area contributed by atoms with Gasteiger partial charge in [-0.25, -0.2) is 0 Å². The van der Waals surface area contributed by atoms with Gasteiger partial charge >= 0.3 is 0 Å². The number of hydrogen-bond donors (Lipinski definition) is 1. The van der Waals surface area contributed by atoms with E-state index in [1.165, 1.54) is 25.3 Å². The molecule has 0 saturated carbocycles. The Kier molecular flexibility index (Phi) is 3.03. The molecule has 1 aromatic heterocycles. The van der Waals surface area contributed by atoms with Crippen molar-refractivity contribution in [1.82, 2.24) is 5.32 Å². The Balaban J connectivity index is 2.49. The number of amides is 2. The first-order chi connectivity index (χ1) is 6.18. The lowest BCUT2D eigenvalue weighted by molar-refractivity contribution is -0.126. The molecule has 0 aliphatic carbocycles. The molecule has 68 valence electrons. The Morgan fingerprint density at radius 3 is 2.85 bits per heavy atom. The standard InChI is InChI=1S/C9H9NO3/c1-7(11)10-9(12)5-4-8-3-2-6-13-8/h2-6H,1H3,(H,10,11,12). The summed E-state index contributed by atoms with van der Waals surface area (Å²) in [6.45, 7) is 1.28. The summed E-state index contributed by atoms with van der Waals surface area (Å²) in [5, 5.41) is 2.10. The molecule has 1 N–H and O–H groups in total. The van der Waals surface area contributed by atoms with E-state index in [0.29, 0.717) is 5.76 Å². The molecule has 0 aromatic carbocycles. The second-order valence-corrected chi connectivity index (χ2v) is 2.39. The Morgan fingerprint density at radius 1 is 1.54 bits per heavy atom. The van der Waals surface area contributed by atoms with E-state index in [4.69, 9.17) is 4.42 Å². The third kappa shape index (κ3) is 3.37. The highest BCUT2D eigenvalue weighted by Gasteiger charge is 1.97. The summed E-state index contributed by atoms with van der Waals surface area (Å²) in [4.78, 5) is 21.3. The van der Waals surface area contributed by atoms with Gasteiger partial charge in [0.1, 0.15) is 5.76 Å². The van der Waals surface area contributed by atoms with Crippen LogP contribution in [0.4, 0.5) is 0 Å². The summed E-state index contributed by atoms with van der Waals surface area (Å²) in [5.41, 5.74) is 0. The first-order valence-electron chi connectivity index (χ1n) is 3.71. The van der Waals surface area contributed by atoms with Gasteiger partial charge in [0, 0.05) is 13.0 Å². The normalized spacial score (nSPS) is 10.2.